The molecule has 0 aromatic rings. The molecule has 8 heteroatoms. The number of ether oxygens (including phenoxy) is 1. The van der Waals surface area contributed by atoms with Gasteiger partial charge in [-0.25, -0.2) is 4.79 Å². The van der Waals surface area contributed by atoms with Gasteiger partial charge in [0.15, 0.2) is 0 Å². The van der Waals surface area contributed by atoms with E-state index in [-0.39, 0.29) is 12.6 Å². The number of hydrogen-bond acceptors (Lipinski definition) is 4. The molecular weight excluding hydrogens is 282 g/mol. The molecular formula is C12H25N3O4S. The second kappa shape index (κ2) is 6.28. The second-order valence-electron chi connectivity index (χ2n) is 6.13. The van der Waals surface area contributed by atoms with Crippen LogP contribution in [0.3, 0.4) is 0 Å². The van der Waals surface area contributed by atoms with E-state index in [2.05, 4.69) is 5.32 Å². The molecule has 1 atom stereocenters. The fraction of sp³-hybridized carbons (Fsp3) is 0.917. The number of alkyl carbamates (subject to hydrolysis) is 1. The largest absolute Gasteiger partial charge is 0.444 e. The molecule has 0 spiro atoms. The van der Waals surface area contributed by atoms with Crippen LogP contribution < -0.4 is 5.32 Å². The molecule has 1 aliphatic heterocycles. The number of hydrogen-bond donors (Lipinski definition) is 1. The lowest BCUT2D eigenvalue weighted by atomic mass is 10.1. The minimum absolute atomic E-state index is 0.215. The molecule has 118 valence electrons. The van der Waals surface area contributed by atoms with Crippen LogP contribution in [0, 0.1) is 0 Å². The maximum absolute atomic E-state index is 12.1. The van der Waals surface area contributed by atoms with E-state index in [0.29, 0.717) is 13.0 Å². The summed E-state index contributed by atoms with van der Waals surface area (Å²) in [7, 11) is -0.429. The van der Waals surface area contributed by atoms with Gasteiger partial charge in [0, 0.05) is 33.2 Å². The first-order chi connectivity index (χ1) is 9.02. The summed E-state index contributed by atoms with van der Waals surface area (Å²) in [6.45, 7) is 6.12. The number of amides is 1. The molecule has 1 N–H and O–H groups in total. The van der Waals surface area contributed by atoms with Crippen molar-refractivity contribution in [3.8, 4) is 0 Å². The smallest absolute Gasteiger partial charge is 0.407 e. The fourth-order valence-electron chi connectivity index (χ4n) is 1.97. The SMILES string of the molecule is CN(C)S(=O)(=O)N1CCC[C@@H](NC(=O)OC(C)(C)C)C1. The van der Waals surface area contributed by atoms with Crippen LogP contribution in [0.5, 0.6) is 0 Å². The van der Waals surface area contributed by atoms with Crippen molar-refractivity contribution in [1.82, 2.24) is 13.9 Å². The van der Waals surface area contributed by atoms with Gasteiger partial charge in [-0.1, -0.05) is 0 Å². The molecule has 0 bridgehead atoms. The average Bonchev–Trinajstić information content (AvgIpc) is 2.26. The molecule has 20 heavy (non-hydrogen) atoms. The van der Waals surface area contributed by atoms with Crippen LogP contribution in [0.15, 0.2) is 0 Å². The van der Waals surface area contributed by atoms with Crippen molar-refractivity contribution in [3.63, 3.8) is 0 Å². The first-order valence-corrected chi connectivity index (χ1v) is 8.09. The van der Waals surface area contributed by atoms with Crippen molar-refractivity contribution in [3.05, 3.63) is 0 Å². The molecule has 1 fully saturated rings. The van der Waals surface area contributed by atoms with Gasteiger partial charge in [0.1, 0.15) is 5.60 Å². The van der Waals surface area contributed by atoms with E-state index in [1.807, 2.05) is 0 Å². The molecule has 1 rings (SSSR count). The topological polar surface area (TPSA) is 79.0 Å². The number of nitrogens with one attached hydrogen (secondary N) is 1. The Labute approximate surface area is 121 Å². The highest BCUT2D eigenvalue weighted by Crippen LogP contribution is 2.16. The normalized spacial score (nSPS) is 21.8. The molecule has 1 aliphatic rings. The Morgan fingerprint density at radius 3 is 2.45 bits per heavy atom. The van der Waals surface area contributed by atoms with E-state index in [1.54, 1.807) is 20.8 Å². The summed E-state index contributed by atoms with van der Waals surface area (Å²) in [4.78, 5) is 11.7. The molecule has 1 heterocycles. The first kappa shape index (κ1) is 17.2. The summed E-state index contributed by atoms with van der Waals surface area (Å²) < 4.78 is 31.9. The van der Waals surface area contributed by atoms with Crippen LogP contribution in [-0.4, -0.2) is 61.9 Å². The lowest BCUT2D eigenvalue weighted by molar-refractivity contribution is 0.0486. The Morgan fingerprint density at radius 2 is 1.95 bits per heavy atom. The van der Waals surface area contributed by atoms with E-state index >= 15 is 0 Å². The molecule has 0 saturated carbocycles. The Kier molecular flexibility index (Phi) is 5.39. The van der Waals surface area contributed by atoms with Crippen LogP contribution in [0.1, 0.15) is 33.6 Å². The number of piperidine rings is 1. The summed E-state index contributed by atoms with van der Waals surface area (Å²) in [5.74, 6) is 0. The Bertz CT molecular complexity index is 442. The number of nitrogens with zero attached hydrogens (tertiary/aromatic N) is 2. The molecule has 1 saturated heterocycles. The van der Waals surface area contributed by atoms with Gasteiger partial charge in [-0.3, -0.25) is 0 Å². The zero-order valence-corrected chi connectivity index (χ0v) is 13.7. The quantitative estimate of drug-likeness (QED) is 0.836. The number of rotatable bonds is 3. The molecule has 1 amide bonds. The second-order valence-corrected chi connectivity index (χ2v) is 8.28. The first-order valence-electron chi connectivity index (χ1n) is 6.69. The molecule has 0 aliphatic carbocycles. The van der Waals surface area contributed by atoms with E-state index in [9.17, 15) is 13.2 Å². The molecule has 0 aromatic heterocycles. The predicted molar refractivity (Wildman–Crippen MR) is 76.6 cm³/mol. The third kappa shape index (κ3) is 4.92. The predicted octanol–water partition coefficient (Wildman–Crippen LogP) is 0.782. The van der Waals surface area contributed by atoms with Crippen LogP contribution in [0.2, 0.25) is 0 Å². The van der Waals surface area contributed by atoms with Crippen molar-refractivity contribution >= 4 is 16.3 Å². The van der Waals surface area contributed by atoms with Crippen molar-refractivity contribution in [2.24, 2.45) is 0 Å². The van der Waals surface area contributed by atoms with Gasteiger partial charge in [-0.05, 0) is 33.6 Å². The van der Waals surface area contributed by atoms with Gasteiger partial charge >= 0.3 is 6.09 Å². The zero-order valence-electron chi connectivity index (χ0n) is 12.8. The van der Waals surface area contributed by atoms with Gasteiger partial charge in [-0.15, -0.1) is 0 Å². The average molecular weight is 307 g/mol. The summed E-state index contributed by atoms with van der Waals surface area (Å²) in [6, 6.07) is -0.215. The van der Waals surface area contributed by atoms with Crippen LogP contribution in [0.25, 0.3) is 0 Å². The lowest BCUT2D eigenvalue weighted by Crippen LogP contribution is -2.52. The standard InChI is InChI=1S/C12H25N3O4S/c1-12(2,3)19-11(16)13-10-7-6-8-15(9-10)20(17,18)14(4)5/h10H,6-9H2,1-5H3,(H,13,16)/t10-/m1/s1. The maximum Gasteiger partial charge on any atom is 0.407 e. The fourth-order valence-corrected chi connectivity index (χ4v) is 3.16. The summed E-state index contributed by atoms with van der Waals surface area (Å²) in [5.41, 5.74) is -0.561. The number of carbonyl (C=O) groups excluding carboxylic acids is 1. The molecule has 0 unspecified atom stereocenters. The van der Waals surface area contributed by atoms with Crippen molar-refractivity contribution < 1.29 is 17.9 Å². The Balaban J connectivity index is 2.60. The molecule has 7 nitrogen and oxygen atoms in total. The van der Waals surface area contributed by atoms with E-state index in [0.717, 1.165) is 6.42 Å². The zero-order chi connectivity index (χ0) is 15.6. The minimum Gasteiger partial charge on any atom is -0.444 e. The van der Waals surface area contributed by atoms with Crippen LogP contribution in [-0.2, 0) is 14.9 Å². The highest BCUT2D eigenvalue weighted by molar-refractivity contribution is 7.86. The summed E-state index contributed by atoms with van der Waals surface area (Å²) >= 11 is 0. The van der Waals surface area contributed by atoms with Gasteiger partial charge < -0.3 is 10.1 Å². The van der Waals surface area contributed by atoms with Crippen LogP contribution >= 0.6 is 0 Å². The molecule has 0 aromatic carbocycles. The van der Waals surface area contributed by atoms with E-state index < -0.39 is 21.9 Å². The van der Waals surface area contributed by atoms with E-state index in [1.165, 1.54) is 22.7 Å². The van der Waals surface area contributed by atoms with Gasteiger partial charge in [0.05, 0.1) is 0 Å². The third-order valence-electron chi connectivity index (χ3n) is 2.89. The number of carbonyl (C=O) groups is 1. The van der Waals surface area contributed by atoms with Gasteiger partial charge in [0.25, 0.3) is 10.2 Å². The van der Waals surface area contributed by atoms with Crippen molar-refractivity contribution in [2.45, 2.75) is 45.3 Å². The lowest BCUT2D eigenvalue weighted by Gasteiger charge is -2.34. The van der Waals surface area contributed by atoms with E-state index in [4.69, 9.17) is 4.74 Å². The molecule has 0 radical (unpaired) electrons. The van der Waals surface area contributed by atoms with Gasteiger partial charge in [0.2, 0.25) is 0 Å². The van der Waals surface area contributed by atoms with Crippen molar-refractivity contribution in [2.75, 3.05) is 27.2 Å². The van der Waals surface area contributed by atoms with Gasteiger partial charge in [-0.2, -0.15) is 17.0 Å². The maximum atomic E-state index is 12.1. The summed E-state index contributed by atoms with van der Waals surface area (Å²) in [6.07, 6.45) is 0.957. The van der Waals surface area contributed by atoms with Crippen molar-refractivity contribution in [1.29, 1.82) is 0 Å². The highest BCUT2D eigenvalue weighted by Gasteiger charge is 2.31. The summed E-state index contributed by atoms with van der Waals surface area (Å²) in [5, 5.41) is 2.73. The Morgan fingerprint density at radius 1 is 1.35 bits per heavy atom. The monoisotopic (exact) mass is 307 g/mol. The third-order valence-corrected chi connectivity index (χ3v) is 4.80. The van der Waals surface area contributed by atoms with Crippen LogP contribution in [0.4, 0.5) is 4.79 Å². The Hall–Kier alpha value is -0.860. The highest BCUT2D eigenvalue weighted by atomic mass is 32.2. The minimum atomic E-state index is -3.43.